The molecule has 0 aliphatic rings. The molecule has 0 atom stereocenters. The first-order valence-corrected chi connectivity index (χ1v) is 5.56. The molecule has 0 saturated carbocycles. The molecule has 0 aliphatic heterocycles. The van der Waals surface area contributed by atoms with Gasteiger partial charge in [0.25, 0.3) is 0 Å². The summed E-state index contributed by atoms with van der Waals surface area (Å²) in [4.78, 5) is 19.6. The number of halogens is 4. The molecule has 23 heavy (non-hydrogen) atoms. The summed E-state index contributed by atoms with van der Waals surface area (Å²) in [5, 5.41) is 5.02. The van der Waals surface area contributed by atoms with Gasteiger partial charge in [-0.3, -0.25) is 37.7 Å². The Hall–Kier alpha value is -1.44. The van der Waals surface area contributed by atoms with Gasteiger partial charge in [0.2, 0.25) is 0 Å². The van der Waals surface area contributed by atoms with Crippen molar-refractivity contribution >= 4 is 14.9 Å². The van der Waals surface area contributed by atoms with Gasteiger partial charge in [0.15, 0.2) is 0 Å². The first kappa shape index (κ1) is 26.5. The molecule has 0 amide bonds. The normalized spacial score (nSPS) is 11.5. The van der Waals surface area contributed by atoms with Crippen molar-refractivity contribution in [3.05, 3.63) is 32.6 Å². The Morgan fingerprint density at radius 2 is 1.04 bits per heavy atom. The average Bonchev–Trinajstić information content (AvgIpc) is 2.48. The summed E-state index contributed by atoms with van der Waals surface area (Å²) in [6, 6.07) is 0. The second kappa shape index (κ2) is 15.5. The molecule has 0 saturated heterocycles. The quantitative estimate of drug-likeness (QED) is 0.288. The number of nitroso groups, excluding NO2 is 2. The number of hydroxylamine groups is 2. The van der Waals surface area contributed by atoms with Crippen LogP contribution in [0.5, 0.6) is 0 Å². The maximum Gasteiger partial charge on any atom is 0.743 e. The van der Waals surface area contributed by atoms with Crippen molar-refractivity contribution in [1.29, 1.82) is 0 Å². The number of nitrogens with one attached hydrogen (secondary N) is 2. The number of hydrogen-bond donors (Lipinski definition) is 2. The summed E-state index contributed by atoms with van der Waals surface area (Å²) < 4.78 is 52.8. The van der Waals surface area contributed by atoms with Gasteiger partial charge >= 0.3 is 14.9 Å². The Morgan fingerprint density at radius 1 is 0.783 bits per heavy atom. The summed E-state index contributed by atoms with van der Waals surface area (Å²) in [6.07, 6.45) is 0. The Bertz CT molecular complexity index is 391. The van der Waals surface area contributed by atoms with Gasteiger partial charge in [0.05, 0.1) is 11.4 Å². The molecule has 0 heterocycles. The van der Waals surface area contributed by atoms with E-state index in [1.54, 1.807) is 0 Å². The van der Waals surface area contributed by atoms with Crippen LogP contribution in [0.1, 0.15) is 27.7 Å². The van der Waals surface area contributed by atoms with E-state index in [9.17, 15) is 27.1 Å². The van der Waals surface area contributed by atoms with Crippen LogP contribution in [0.15, 0.2) is 33.1 Å². The van der Waals surface area contributed by atoms with Gasteiger partial charge in [-0.25, -0.2) is 0 Å². The van der Waals surface area contributed by atoms with Gasteiger partial charge in [0.1, 0.15) is 11.4 Å². The minimum atomic E-state index is -2.91. The molecule has 2 N–H and O–H groups in total. The fourth-order valence-corrected chi connectivity index (χ4v) is 0.551. The van der Waals surface area contributed by atoms with E-state index in [1.165, 1.54) is 27.7 Å². The summed E-state index contributed by atoms with van der Waals surface area (Å²) in [5.41, 5.74) is 4.22. The van der Waals surface area contributed by atoms with Crippen molar-refractivity contribution in [3.63, 3.8) is 0 Å². The smallest absolute Gasteiger partial charge is 0.280 e. The molecule has 0 fully saturated rings. The fourth-order valence-electron chi connectivity index (χ4n) is 0.551. The van der Waals surface area contributed by atoms with E-state index < -0.39 is 14.9 Å². The molecule has 8 nitrogen and oxygen atoms in total. The van der Waals surface area contributed by atoms with Crippen LogP contribution in [0.3, 0.4) is 0 Å². The van der Waals surface area contributed by atoms with Gasteiger partial charge in [-0.2, -0.15) is 0 Å². The standard InChI is InChI=1S/2C4H7BF2N2O2.Co/c2*1-3(8-10)4(2)9-11-5(6)7;/h2*9H,1-2H3;/b2*4-3-;. The summed E-state index contributed by atoms with van der Waals surface area (Å²) in [5.74, 6) is 0. The Labute approximate surface area is 140 Å². The Kier molecular flexibility index (Phi) is 17.8. The molecule has 0 bridgehead atoms. The van der Waals surface area contributed by atoms with Crippen LogP contribution in [0.25, 0.3) is 0 Å². The van der Waals surface area contributed by atoms with Crippen LogP contribution in [-0.2, 0) is 26.3 Å². The molecule has 0 aromatic heterocycles. The number of allylic oxidation sites excluding steroid dienone is 4. The van der Waals surface area contributed by atoms with Gasteiger partial charge in [-0.05, 0) is 38.0 Å². The molecule has 1 radical (unpaired) electrons. The summed E-state index contributed by atoms with van der Waals surface area (Å²) in [7, 11) is -5.83. The van der Waals surface area contributed by atoms with Crippen molar-refractivity contribution in [2.45, 2.75) is 27.7 Å². The van der Waals surface area contributed by atoms with E-state index in [-0.39, 0.29) is 39.6 Å². The summed E-state index contributed by atoms with van der Waals surface area (Å²) >= 11 is 0. The third kappa shape index (κ3) is 16.8. The third-order valence-corrected chi connectivity index (χ3v) is 1.96. The topological polar surface area (TPSA) is 101 Å². The zero-order valence-electron chi connectivity index (χ0n) is 12.5. The second-order valence-electron chi connectivity index (χ2n) is 3.56. The molecule has 0 aromatic carbocycles. The van der Waals surface area contributed by atoms with Crippen molar-refractivity contribution in [1.82, 2.24) is 11.0 Å². The first-order valence-electron chi connectivity index (χ1n) is 5.56. The van der Waals surface area contributed by atoms with Crippen molar-refractivity contribution < 1.29 is 43.6 Å². The third-order valence-electron chi connectivity index (χ3n) is 1.96. The predicted octanol–water partition coefficient (Wildman–Crippen LogP) is 2.90. The van der Waals surface area contributed by atoms with Crippen LogP contribution in [0.2, 0.25) is 0 Å². The Balaban J connectivity index is -0.000000333. The molecular weight excluding hydrogens is 373 g/mol. The maximum absolute atomic E-state index is 11.3. The number of hydrogen-bond acceptors (Lipinski definition) is 8. The molecule has 0 spiro atoms. The summed E-state index contributed by atoms with van der Waals surface area (Å²) in [6.45, 7) is 5.56. The van der Waals surface area contributed by atoms with Gasteiger partial charge < -0.3 is 0 Å². The van der Waals surface area contributed by atoms with Crippen LogP contribution >= 0.6 is 0 Å². The van der Waals surface area contributed by atoms with E-state index in [4.69, 9.17) is 0 Å². The SMILES string of the molecule is C/C(N=O)=C(\C)NOB(F)F.C/C(N=O)=C(\C)NOB(F)F.[Co]. The zero-order valence-corrected chi connectivity index (χ0v) is 13.6. The second-order valence-corrected chi connectivity index (χ2v) is 3.56. The monoisotopic (exact) mass is 387 g/mol. The predicted molar refractivity (Wildman–Crippen MR) is 72.7 cm³/mol. The largest absolute Gasteiger partial charge is 0.743 e. The van der Waals surface area contributed by atoms with Crippen molar-refractivity contribution in [3.8, 4) is 0 Å². The first-order chi connectivity index (χ1) is 10.1. The van der Waals surface area contributed by atoms with E-state index in [0.29, 0.717) is 0 Å². The van der Waals surface area contributed by atoms with E-state index >= 15 is 0 Å². The number of rotatable bonds is 8. The Morgan fingerprint density at radius 3 is 1.22 bits per heavy atom. The zero-order chi connectivity index (χ0) is 17.7. The van der Waals surface area contributed by atoms with E-state index in [1.807, 2.05) is 11.0 Å². The molecule has 0 unspecified atom stereocenters. The van der Waals surface area contributed by atoms with Crippen molar-refractivity contribution in [2.24, 2.45) is 10.4 Å². The van der Waals surface area contributed by atoms with Crippen molar-refractivity contribution in [2.75, 3.05) is 0 Å². The average molecular weight is 387 g/mol. The molecule has 0 aromatic rings. The number of nitrogens with zero attached hydrogens (tertiary/aromatic N) is 2. The van der Waals surface area contributed by atoms with E-state index in [0.717, 1.165) is 0 Å². The van der Waals surface area contributed by atoms with Gasteiger partial charge in [-0.15, -0.1) is 9.81 Å². The fraction of sp³-hybridized carbons (Fsp3) is 0.500. The van der Waals surface area contributed by atoms with Crippen LogP contribution in [0, 0.1) is 9.81 Å². The minimum Gasteiger partial charge on any atom is -0.280 e. The maximum atomic E-state index is 11.3. The molecular formula is C8H14B2CoF4N4O4. The van der Waals surface area contributed by atoms with Gasteiger partial charge in [0, 0.05) is 16.8 Å². The van der Waals surface area contributed by atoms with Crippen LogP contribution in [-0.4, -0.2) is 14.9 Å². The van der Waals surface area contributed by atoms with Gasteiger partial charge in [-0.1, -0.05) is 0 Å². The van der Waals surface area contributed by atoms with Crippen LogP contribution in [0.4, 0.5) is 17.3 Å². The molecule has 0 rings (SSSR count). The molecule has 133 valence electrons. The van der Waals surface area contributed by atoms with E-state index in [2.05, 4.69) is 19.9 Å². The minimum absolute atomic E-state index is 0. The molecule has 15 heteroatoms. The molecule has 0 aliphatic carbocycles. The van der Waals surface area contributed by atoms with Crippen LogP contribution < -0.4 is 11.0 Å².